The topological polar surface area (TPSA) is 139 Å². The lowest BCUT2D eigenvalue weighted by molar-refractivity contribution is -0.151. The van der Waals surface area contributed by atoms with Gasteiger partial charge in [0.2, 0.25) is 0 Å². The third-order valence-electron chi connectivity index (χ3n) is 15.0. The molecule has 7 rings (SSSR count). The van der Waals surface area contributed by atoms with Gasteiger partial charge in [0.25, 0.3) is 14.2 Å². The number of carbonyl (C=O) groups is 3. The highest BCUT2D eigenvalue weighted by Gasteiger charge is 2.47. The average molecular weight is 994 g/mol. The van der Waals surface area contributed by atoms with Gasteiger partial charge in [-0.1, -0.05) is 79.7 Å². The smallest absolute Gasteiger partial charge is 0.408 e. The second-order valence-corrected chi connectivity index (χ2v) is 28.4. The van der Waals surface area contributed by atoms with E-state index in [9.17, 15) is 14.4 Å². The van der Waals surface area contributed by atoms with E-state index in [0.717, 1.165) is 83.9 Å². The van der Waals surface area contributed by atoms with Crippen molar-refractivity contribution in [3.8, 4) is 16.9 Å². The molecule has 1 fully saturated rings. The van der Waals surface area contributed by atoms with E-state index in [2.05, 4.69) is 138 Å². The number of alkyl carbamates (subject to hydrolysis) is 1. The van der Waals surface area contributed by atoms with Crippen molar-refractivity contribution in [2.45, 2.75) is 162 Å². The first kappa shape index (κ1) is 54.0. The number of aryl methyl sites for hydroxylation is 1. The van der Waals surface area contributed by atoms with Crippen LogP contribution in [0.5, 0.6) is 5.75 Å². The van der Waals surface area contributed by atoms with Gasteiger partial charge in [0, 0.05) is 80.4 Å². The molecule has 0 aliphatic carbocycles. The molecule has 4 atom stereocenters. The highest BCUT2D eigenvalue weighted by molar-refractivity contribution is 6.78. The average Bonchev–Trinajstić information content (AvgIpc) is 3.61. The number of cyclic esters (lactones) is 1. The minimum Gasteiger partial charge on any atom is -0.543 e. The Morgan fingerprint density at radius 1 is 0.958 bits per heavy atom. The summed E-state index contributed by atoms with van der Waals surface area (Å²) in [5.74, 6) is -0.173. The van der Waals surface area contributed by atoms with Crippen molar-refractivity contribution in [2.75, 3.05) is 53.5 Å². The number of hydrazine groups is 1. The van der Waals surface area contributed by atoms with Crippen molar-refractivity contribution in [1.82, 2.24) is 30.1 Å². The largest absolute Gasteiger partial charge is 0.543 e. The Labute approximate surface area is 424 Å². The maximum Gasteiger partial charge on any atom is 0.408 e. The number of hydrogen-bond acceptors (Lipinski definition) is 11. The standard InChI is InChI=1S/C56H83N7O7Si/c1-16-62-49-20-19-40-30-44(49)46(51(62)45-31-42(33-57-50(45)38(8)67-15)61-24-22-60(14)23-25-61)32-56(12,13)34-68-53(65)47-18-17-21-63(59-47)52(64)48(58-54(66)69-55(9,10)11)28-39-26-41(40)29-43(27-39)70-71(35(2)3,36(4)5)37(6)7/h17-20,26-27,29-30,33,35-38,42,47-48,59H,16,21-25,28,31-32,34H2,1-15H3,(H,58,66)/t38-,42+,47-,48-/m0/s1. The number of fused-ring (bicyclic) bond motifs is 6. The summed E-state index contributed by atoms with van der Waals surface area (Å²) >= 11 is 0. The fourth-order valence-corrected chi connectivity index (χ4v) is 16.7. The molecule has 5 heterocycles. The number of benzene rings is 2. The first-order chi connectivity index (χ1) is 33.4. The summed E-state index contributed by atoms with van der Waals surface area (Å²) in [4.78, 5) is 52.6. The summed E-state index contributed by atoms with van der Waals surface area (Å²) in [7, 11) is 1.46. The number of piperazine rings is 1. The highest BCUT2D eigenvalue weighted by Crippen LogP contribution is 2.45. The molecule has 14 nitrogen and oxygen atoms in total. The molecule has 3 aromatic rings. The Hall–Kier alpha value is -4.80. The van der Waals surface area contributed by atoms with Crippen LogP contribution in [-0.4, -0.2) is 135 Å². The van der Waals surface area contributed by atoms with Crippen molar-refractivity contribution in [3.63, 3.8) is 0 Å². The van der Waals surface area contributed by atoms with Crippen LogP contribution >= 0.6 is 0 Å². The van der Waals surface area contributed by atoms with Crippen LogP contribution < -0.4 is 15.2 Å². The minimum absolute atomic E-state index is 0.126. The molecule has 0 unspecified atom stereocenters. The fourth-order valence-electron chi connectivity index (χ4n) is 11.5. The maximum atomic E-state index is 14.7. The van der Waals surface area contributed by atoms with Crippen LogP contribution in [-0.2, 0) is 43.2 Å². The molecule has 1 aromatic heterocycles. The lowest BCUT2D eigenvalue weighted by Crippen LogP contribution is -2.59. The zero-order valence-electron chi connectivity index (χ0n) is 45.4. The monoisotopic (exact) mass is 994 g/mol. The first-order valence-corrected chi connectivity index (χ1v) is 28.2. The summed E-state index contributed by atoms with van der Waals surface area (Å²) in [6.45, 7) is 32.6. The predicted octanol–water partition coefficient (Wildman–Crippen LogP) is 9.55. The Morgan fingerprint density at radius 2 is 1.65 bits per heavy atom. The molecule has 4 aliphatic rings. The Bertz CT molecular complexity index is 2510. The van der Waals surface area contributed by atoms with E-state index in [1.165, 1.54) is 16.1 Å². The Kier molecular flexibility index (Phi) is 16.5. The molecule has 0 radical (unpaired) electrons. The summed E-state index contributed by atoms with van der Waals surface area (Å²) < 4.78 is 27.9. The molecule has 1 saturated heterocycles. The van der Waals surface area contributed by atoms with Crippen LogP contribution in [0.1, 0.15) is 113 Å². The number of carbonyl (C=O) groups excluding carboxylic acids is 3. The van der Waals surface area contributed by atoms with Crippen LogP contribution in [0.4, 0.5) is 4.79 Å². The van der Waals surface area contributed by atoms with Crippen LogP contribution in [0, 0.1) is 5.41 Å². The SMILES string of the molecule is CCn1c(C2=C([C@H](C)OC)N=C[C@H](N3CCN(C)CC3)C2)c2c3cc(ccc31)-c1cc(cc(O[Si](C(C)C)(C(C)C)C(C)C)c1)C[C@H](NC(=O)OC(C)(C)C)C(=O)N1CC=C[C@H](N1)C(=O)OCC(C)(C)C2. The van der Waals surface area contributed by atoms with E-state index < -0.39 is 49.4 Å². The van der Waals surface area contributed by atoms with Gasteiger partial charge in [-0.3, -0.25) is 19.7 Å². The normalized spacial score (nSPS) is 22.3. The number of ether oxygens (including phenoxy) is 3. The summed E-state index contributed by atoms with van der Waals surface area (Å²) in [6.07, 6.45) is 6.19. The van der Waals surface area contributed by atoms with Crippen LogP contribution in [0.2, 0.25) is 16.6 Å². The Balaban J connectivity index is 1.48. The molecule has 388 valence electrons. The molecule has 2 N–H and O–H groups in total. The molecule has 4 aliphatic heterocycles. The number of amides is 2. The van der Waals surface area contributed by atoms with Gasteiger partial charge < -0.3 is 33.4 Å². The van der Waals surface area contributed by atoms with Crippen molar-refractivity contribution in [2.24, 2.45) is 10.4 Å². The minimum atomic E-state index is -2.48. The van der Waals surface area contributed by atoms with Gasteiger partial charge in [0.1, 0.15) is 23.4 Å². The van der Waals surface area contributed by atoms with E-state index in [-0.39, 0.29) is 31.7 Å². The highest BCUT2D eigenvalue weighted by atomic mass is 28.4. The molecule has 0 saturated carbocycles. The number of aliphatic imine (C=N–C) groups is 1. The molecule has 6 bridgehead atoms. The molecule has 0 spiro atoms. The lowest BCUT2D eigenvalue weighted by atomic mass is 9.83. The zero-order chi connectivity index (χ0) is 51.7. The van der Waals surface area contributed by atoms with Crippen LogP contribution in [0.15, 0.2) is 59.2 Å². The molecule has 15 heteroatoms. The number of hydrogen-bond donors (Lipinski definition) is 2. The summed E-state index contributed by atoms with van der Waals surface area (Å²) in [5.41, 5.74) is 11.0. The second kappa shape index (κ2) is 21.7. The molecular weight excluding hydrogens is 911 g/mol. The van der Waals surface area contributed by atoms with Gasteiger partial charge in [-0.05, 0) is 118 Å². The second-order valence-electron chi connectivity index (χ2n) is 23.1. The number of aromatic nitrogens is 1. The summed E-state index contributed by atoms with van der Waals surface area (Å²) in [5, 5.41) is 5.42. The maximum absolute atomic E-state index is 14.7. The number of esters is 1. The van der Waals surface area contributed by atoms with Gasteiger partial charge in [0.15, 0.2) is 0 Å². The van der Waals surface area contributed by atoms with Gasteiger partial charge in [-0.2, -0.15) is 0 Å². The lowest BCUT2D eigenvalue weighted by Gasteiger charge is -2.42. The van der Waals surface area contributed by atoms with E-state index in [0.29, 0.717) is 23.0 Å². The van der Waals surface area contributed by atoms with Crippen LogP contribution in [0.25, 0.3) is 27.6 Å². The predicted molar refractivity (Wildman–Crippen MR) is 287 cm³/mol. The van der Waals surface area contributed by atoms with Gasteiger partial charge in [0.05, 0.1) is 30.6 Å². The fraction of sp³-hybridized carbons (Fsp3) is 0.607. The Morgan fingerprint density at radius 3 is 2.28 bits per heavy atom. The van der Waals surface area contributed by atoms with E-state index in [1.807, 2.05) is 6.07 Å². The van der Waals surface area contributed by atoms with E-state index in [4.69, 9.17) is 23.6 Å². The number of rotatable bonds is 11. The van der Waals surface area contributed by atoms with E-state index in [1.54, 1.807) is 40.0 Å². The van der Waals surface area contributed by atoms with Gasteiger partial charge in [-0.15, -0.1) is 0 Å². The van der Waals surface area contributed by atoms with Crippen LogP contribution in [0.3, 0.4) is 0 Å². The first-order valence-electron chi connectivity index (χ1n) is 26.1. The van der Waals surface area contributed by atoms with E-state index >= 15 is 0 Å². The number of methoxy groups -OCH3 is 1. The molecule has 2 amide bonds. The van der Waals surface area contributed by atoms with Gasteiger partial charge >= 0.3 is 12.1 Å². The molecule has 71 heavy (non-hydrogen) atoms. The van der Waals surface area contributed by atoms with Gasteiger partial charge in [-0.25, -0.2) is 15.0 Å². The molecular formula is C56H83N7O7Si. The molecule has 2 aromatic carbocycles. The quantitative estimate of drug-likeness (QED) is 0.109. The number of nitrogens with one attached hydrogen (secondary N) is 2. The summed E-state index contributed by atoms with van der Waals surface area (Å²) in [6, 6.07) is 11.2. The third-order valence-corrected chi connectivity index (χ3v) is 21.0. The zero-order valence-corrected chi connectivity index (χ0v) is 46.4. The van der Waals surface area contributed by atoms with Crippen molar-refractivity contribution >= 4 is 49.0 Å². The number of likely N-dealkylation sites (N-methyl/N-ethyl adjacent to an activating group) is 1. The van der Waals surface area contributed by atoms with Crippen molar-refractivity contribution in [1.29, 1.82) is 0 Å². The number of nitrogens with zero attached hydrogens (tertiary/aromatic N) is 5. The third kappa shape index (κ3) is 11.9. The van der Waals surface area contributed by atoms with Crippen molar-refractivity contribution in [3.05, 3.63) is 71.1 Å². The van der Waals surface area contributed by atoms with Crippen molar-refractivity contribution < 1.29 is 33.0 Å².